The summed E-state index contributed by atoms with van der Waals surface area (Å²) < 4.78 is 5.46. The minimum absolute atomic E-state index is 0.198. The van der Waals surface area contributed by atoms with E-state index in [1.165, 1.54) is 6.92 Å². The summed E-state index contributed by atoms with van der Waals surface area (Å²) in [7, 11) is 0. The van der Waals surface area contributed by atoms with Gasteiger partial charge in [-0.25, -0.2) is 0 Å². The highest BCUT2D eigenvalue weighted by molar-refractivity contribution is 6.08. The molecule has 2 aromatic carbocycles. The van der Waals surface area contributed by atoms with Crippen LogP contribution in [0.3, 0.4) is 0 Å². The minimum atomic E-state index is -0.290. The van der Waals surface area contributed by atoms with Crippen molar-refractivity contribution in [2.75, 3.05) is 17.2 Å². The predicted octanol–water partition coefficient (Wildman–Crippen LogP) is 3.30. The van der Waals surface area contributed by atoms with Gasteiger partial charge in [0, 0.05) is 6.92 Å². The van der Waals surface area contributed by atoms with Crippen LogP contribution in [0, 0.1) is 0 Å². The quantitative estimate of drug-likeness (QED) is 0.890. The van der Waals surface area contributed by atoms with Gasteiger partial charge in [-0.2, -0.15) is 0 Å². The van der Waals surface area contributed by atoms with Crippen LogP contribution in [0.25, 0.3) is 0 Å². The Morgan fingerprint density at radius 2 is 1.55 bits per heavy atom. The number of nitrogens with one attached hydrogen (secondary N) is 2. The fraction of sp³-hybridized carbons (Fsp3) is 0.176. The van der Waals surface area contributed by atoms with Gasteiger partial charge in [0.05, 0.1) is 23.5 Å². The molecular weight excluding hydrogens is 280 g/mol. The topological polar surface area (TPSA) is 67.4 Å². The van der Waals surface area contributed by atoms with Crippen molar-refractivity contribution in [1.29, 1.82) is 0 Å². The van der Waals surface area contributed by atoms with Gasteiger partial charge in [-0.1, -0.05) is 24.3 Å². The third-order valence-corrected chi connectivity index (χ3v) is 2.92. The standard InChI is InChI=1S/C17H18N2O3/c1-3-22-16-11-7-4-8-13(16)17(21)19-15-10-6-5-9-14(15)18-12(2)20/h4-11H,3H2,1-2H3,(H,18,20)(H,19,21). The zero-order valence-corrected chi connectivity index (χ0v) is 12.6. The number of hydrogen-bond donors (Lipinski definition) is 2. The van der Waals surface area contributed by atoms with E-state index in [9.17, 15) is 9.59 Å². The summed E-state index contributed by atoms with van der Waals surface area (Å²) in [5, 5.41) is 5.48. The molecule has 0 saturated carbocycles. The van der Waals surface area contributed by atoms with Crippen molar-refractivity contribution in [2.45, 2.75) is 13.8 Å². The number of rotatable bonds is 5. The first-order valence-corrected chi connectivity index (χ1v) is 7.01. The molecule has 5 nitrogen and oxygen atoms in total. The summed E-state index contributed by atoms with van der Waals surface area (Å²) in [5.74, 6) is 0.0396. The van der Waals surface area contributed by atoms with Crippen LogP contribution < -0.4 is 15.4 Å². The van der Waals surface area contributed by atoms with E-state index in [4.69, 9.17) is 4.74 Å². The molecule has 2 N–H and O–H groups in total. The monoisotopic (exact) mass is 298 g/mol. The van der Waals surface area contributed by atoms with Crippen molar-refractivity contribution in [1.82, 2.24) is 0 Å². The molecule has 2 amide bonds. The van der Waals surface area contributed by atoms with Crippen molar-refractivity contribution in [3.8, 4) is 5.75 Å². The Morgan fingerprint density at radius 1 is 0.955 bits per heavy atom. The maximum absolute atomic E-state index is 12.4. The lowest BCUT2D eigenvalue weighted by Crippen LogP contribution is -2.16. The van der Waals surface area contributed by atoms with E-state index in [0.29, 0.717) is 29.3 Å². The van der Waals surface area contributed by atoms with Crippen molar-refractivity contribution < 1.29 is 14.3 Å². The summed E-state index contributed by atoms with van der Waals surface area (Å²) in [6.07, 6.45) is 0. The first-order chi connectivity index (χ1) is 10.6. The van der Waals surface area contributed by atoms with Crippen LogP contribution in [-0.2, 0) is 4.79 Å². The second-order valence-corrected chi connectivity index (χ2v) is 4.61. The number of benzene rings is 2. The number of ether oxygens (including phenoxy) is 1. The van der Waals surface area contributed by atoms with Gasteiger partial charge < -0.3 is 15.4 Å². The summed E-state index contributed by atoms with van der Waals surface area (Å²) in [6.45, 7) is 3.76. The lowest BCUT2D eigenvalue weighted by atomic mass is 10.1. The first-order valence-electron chi connectivity index (χ1n) is 7.01. The minimum Gasteiger partial charge on any atom is -0.493 e. The summed E-state index contributed by atoms with van der Waals surface area (Å²) in [4.78, 5) is 23.7. The van der Waals surface area contributed by atoms with E-state index in [2.05, 4.69) is 10.6 Å². The van der Waals surface area contributed by atoms with Crippen molar-refractivity contribution in [3.63, 3.8) is 0 Å². The molecule has 0 radical (unpaired) electrons. The normalized spacial score (nSPS) is 9.91. The second-order valence-electron chi connectivity index (χ2n) is 4.61. The molecule has 0 atom stereocenters. The number of hydrogen-bond acceptors (Lipinski definition) is 3. The van der Waals surface area contributed by atoms with Gasteiger partial charge in [0.2, 0.25) is 5.91 Å². The van der Waals surface area contributed by atoms with Gasteiger partial charge in [0.15, 0.2) is 0 Å². The van der Waals surface area contributed by atoms with E-state index < -0.39 is 0 Å². The largest absolute Gasteiger partial charge is 0.493 e. The SMILES string of the molecule is CCOc1ccccc1C(=O)Nc1ccccc1NC(C)=O. The average Bonchev–Trinajstić information content (AvgIpc) is 2.49. The summed E-state index contributed by atoms with van der Waals surface area (Å²) in [6, 6.07) is 14.1. The maximum Gasteiger partial charge on any atom is 0.259 e. The molecule has 0 aliphatic heterocycles. The van der Waals surface area contributed by atoms with Gasteiger partial charge >= 0.3 is 0 Å². The molecule has 0 spiro atoms. The first kappa shape index (κ1) is 15.6. The molecule has 0 unspecified atom stereocenters. The fourth-order valence-corrected chi connectivity index (χ4v) is 2.02. The number of amides is 2. The van der Waals surface area contributed by atoms with Crippen LogP contribution in [0.5, 0.6) is 5.75 Å². The van der Waals surface area contributed by atoms with Crippen LogP contribution >= 0.6 is 0 Å². The third-order valence-electron chi connectivity index (χ3n) is 2.92. The lowest BCUT2D eigenvalue weighted by molar-refractivity contribution is -0.114. The van der Waals surface area contributed by atoms with Crippen molar-refractivity contribution in [2.24, 2.45) is 0 Å². The molecule has 0 fully saturated rings. The van der Waals surface area contributed by atoms with E-state index in [1.54, 1.807) is 42.5 Å². The molecule has 22 heavy (non-hydrogen) atoms. The number of para-hydroxylation sites is 3. The smallest absolute Gasteiger partial charge is 0.259 e. The molecule has 0 bridgehead atoms. The summed E-state index contributed by atoms with van der Waals surface area (Å²) in [5.41, 5.74) is 1.54. The van der Waals surface area contributed by atoms with E-state index >= 15 is 0 Å². The molecule has 0 aliphatic rings. The zero-order chi connectivity index (χ0) is 15.9. The van der Waals surface area contributed by atoms with Gasteiger partial charge in [0.25, 0.3) is 5.91 Å². The average molecular weight is 298 g/mol. The highest BCUT2D eigenvalue weighted by Gasteiger charge is 2.13. The molecular formula is C17H18N2O3. The molecule has 0 heterocycles. The predicted molar refractivity (Wildman–Crippen MR) is 86.3 cm³/mol. The Morgan fingerprint density at radius 3 is 2.18 bits per heavy atom. The molecule has 0 aliphatic carbocycles. The molecule has 5 heteroatoms. The van der Waals surface area contributed by atoms with Crippen LogP contribution in [0.4, 0.5) is 11.4 Å². The fourth-order valence-electron chi connectivity index (χ4n) is 2.02. The Kier molecular flexibility index (Phi) is 5.14. The number of carbonyl (C=O) groups excluding carboxylic acids is 2. The van der Waals surface area contributed by atoms with Gasteiger partial charge in [-0.05, 0) is 31.2 Å². The molecule has 0 aromatic heterocycles. The molecule has 2 rings (SSSR count). The highest BCUT2D eigenvalue weighted by Crippen LogP contribution is 2.24. The highest BCUT2D eigenvalue weighted by atomic mass is 16.5. The van der Waals surface area contributed by atoms with Crippen LogP contribution in [-0.4, -0.2) is 18.4 Å². The Bertz CT molecular complexity index is 683. The Balaban J connectivity index is 2.24. The van der Waals surface area contributed by atoms with Gasteiger partial charge in [0.1, 0.15) is 5.75 Å². The maximum atomic E-state index is 12.4. The number of anilines is 2. The Hall–Kier alpha value is -2.82. The van der Waals surface area contributed by atoms with Crippen LogP contribution in [0.1, 0.15) is 24.2 Å². The van der Waals surface area contributed by atoms with Gasteiger partial charge in [-0.15, -0.1) is 0 Å². The lowest BCUT2D eigenvalue weighted by Gasteiger charge is -2.13. The van der Waals surface area contributed by atoms with E-state index in [0.717, 1.165) is 0 Å². The van der Waals surface area contributed by atoms with E-state index in [-0.39, 0.29) is 11.8 Å². The Labute approximate surface area is 129 Å². The zero-order valence-electron chi connectivity index (χ0n) is 12.6. The second kappa shape index (κ2) is 7.26. The van der Waals surface area contributed by atoms with E-state index in [1.807, 2.05) is 13.0 Å². The number of carbonyl (C=O) groups is 2. The van der Waals surface area contributed by atoms with Crippen LogP contribution in [0.2, 0.25) is 0 Å². The summed E-state index contributed by atoms with van der Waals surface area (Å²) >= 11 is 0. The van der Waals surface area contributed by atoms with Gasteiger partial charge in [-0.3, -0.25) is 9.59 Å². The molecule has 0 saturated heterocycles. The third kappa shape index (κ3) is 3.85. The van der Waals surface area contributed by atoms with Crippen LogP contribution in [0.15, 0.2) is 48.5 Å². The molecule has 114 valence electrons. The molecule has 2 aromatic rings. The van der Waals surface area contributed by atoms with Crippen molar-refractivity contribution >= 4 is 23.2 Å². The van der Waals surface area contributed by atoms with Crippen molar-refractivity contribution in [3.05, 3.63) is 54.1 Å².